The molecule has 170 valence electrons. The van der Waals surface area contributed by atoms with Gasteiger partial charge in [-0.1, -0.05) is 18.9 Å². The quantitative estimate of drug-likeness (QED) is 0.600. The number of sulfone groups is 1. The maximum absolute atomic E-state index is 14.8. The molecule has 0 amide bonds. The first-order valence-corrected chi connectivity index (χ1v) is 13.3. The first-order chi connectivity index (χ1) is 14.1. The maximum Gasteiger partial charge on any atom is 0.152 e. The number of anilines is 1. The molecule has 0 spiro atoms. The minimum Gasteiger partial charge on any atom is -0.372 e. The number of rotatable bonds is 7. The van der Waals surface area contributed by atoms with Gasteiger partial charge < -0.3 is 9.64 Å². The lowest BCUT2D eigenvalue weighted by Gasteiger charge is -2.37. The summed E-state index contributed by atoms with van der Waals surface area (Å²) < 4.78 is 44.8. The van der Waals surface area contributed by atoms with E-state index in [1.54, 1.807) is 19.9 Å². The molecule has 0 unspecified atom stereocenters. The summed E-state index contributed by atoms with van der Waals surface area (Å²) in [6.45, 7) is 9.22. The van der Waals surface area contributed by atoms with Gasteiger partial charge in [0.1, 0.15) is 5.82 Å². The largest absolute Gasteiger partial charge is 0.372 e. The summed E-state index contributed by atoms with van der Waals surface area (Å²) in [5.41, 5.74) is 1.72. The minimum absolute atomic E-state index is 0.115. The van der Waals surface area contributed by atoms with Crippen molar-refractivity contribution in [3.63, 3.8) is 0 Å². The Kier molecular flexibility index (Phi) is 7.83. The second-order valence-electron chi connectivity index (χ2n) is 9.74. The van der Waals surface area contributed by atoms with Gasteiger partial charge in [-0.3, -0.25) is 0 Å². The van der Waals surface area contributed by atoms with Gasteiger partial charge in [-0.15, -0.1) is 0 Å². The van der Waals surface area contributed by atoms with Crippen molar-refractivity contribution in [1.82, 2.24) is 0 Å². The molecule has 1 saturated carbocycles. The average molecular weight is 440 g/mol. The Labute approximate surface area is 182 Å². The zero-order chi connectivity index (χ0) is 21.9. The van der Waals surface area contributed by atoms with Gasteiger partial charge in [0.2, 0.25) is 0 Å². The van der Waals surface area contributed by atoms with Crippen molar-refractivity contribution in [3.8, 4) is 0 Å². The number of aryl methyl sites for hydroxylation is 1. The van der Waals surface area contributed by atoms with Crippen LogP contribution in [0.3, 0.4) is 0 Å². The summed E-state index contributed by atoms with van der Waals surface area (Å²) in [4.78, 5) is 2.21. The minimum atomic E-state index is -2.96. The number of morpholine rings is 1. The second kappa shape index (κ2) is 9.99. The van der Waals surface area contributed by atoms with Crippen molar-refractivity contribution in [2.75, 3.05) is 23.7 Å². The number of halogens is 1. The third-order valence-electron chi connectivity index (χ3n) is 6.80. The summed E-state index contributed by atoms with van der Waals surface area (Å²) in [5.74, 6) is 1.08. The molecule has 0 N–H and O–H groups in total. The summed E-state index contributed by atoms with van der Waals surface area (Å²) in [7, 11) is -2.96. The lowest BCUT2D eigenvalue weighted by atomic mass is 9.80. The van der Waals surface area contributed by atoms with Gasteiger partial charge in [0.25, 0.3) is 0 Å². The smallest absolute Gasteiger partial charge is 0.152 e. The predicted octanol–water partition coefficient (Wildman–Crippen LogP) is 5.00. The molecule has 1 aromatic carbocycles. The topological polar surface area (TPSA) is 46.6 Å². The van der Waals surface area contributed by atoms with E-state index in [1.807, 2.05) is 12.1 Å². The molecule has 2 aliphatic rings. The highest BCUT2D eigenvalue weighted by Gasteiger charge is 2.27. The van der Waals surface area contributed by atoms with Crippen molar-refractivity contribution in [1.29, 1.82) is 0 Å². The van der Waals surface area contributed by atoms with Crippen molar-refractivity contribution >= 4 is 15.5 Å². The van der Waals surface area contributed by atoms with Crippen LogP contribution in [0.5, 0.6) is 0 Å². The summed E-state index contributed by atoms with van der Waals surface area (Å²) in [6.07, 6.45) is 6.11. The molecule has 0 aromatic heterocycles. The van der Waals surface area contributed by atoms with E-state index in [0.717, 1.165) is 62.9 Å². The van der Waals surface area contributed by atoms with Gasteiger partial charge in [0, 0.05) is 18.8 Å². The van der Waals surface area contributed by atoms with Gasteiger partial charge in [0.15, 0.2) is 9.84 Å². The summed E-state index contributed by atoms with van der Waals surface area (Å²) >= 11 is 0. The molecular weight excluding hydrogens is 401 g/mol. The number of hydrogen-bond acceptors (Lipinski definition) is 4. The van der Waals surface area contributed by atoms with Crippen molar-refractivity contribution in [2.24, 2.45) is 11.8 Å². The first-order valence-electron chi connectivity index (χ1n) is 11.5. The SMILES string of the molecule is CC(C)S(=O)(=O)CC1CCC(CCc2ccc(N3C[C@@H](C)O[C@@H](C)C3)cc2F)CC1. The van der Waals surface area contributed by atoms with Gasteiger partial charge in [-0.25, -0.2) is 12.8 Å². The molecule has 0 radical (unpaired) electrons. The zero-order valence-electron chi connectivity index (χ0n) is 18.9. The van der Waals surface area contributed by atoms with Crippen molar-refractivity contribution in [3.05, 3.63) is 29.6 Å². The maximum atomic E-state index is 14.8. The van der Waals surface area contributed by atoms with Crippen LogP contribution in [0.1, 0.15) is 65.4 Å². The molecule has 1 aromatic rings. The van der Waals surface area contributed by atoms with Gasteiger partial charge in [-0.05, 0) is 82.9 Å². The molecular formula is C24H38FNO3S. The Morgan fingerprint density at radius 3 is 2.23 bits per heavy atom. The summed E-state index contributed by atoms with van der Waals surface area (Å²) in [5, 5.41) is -0.287. The van der Waals surface area contributed by atoms with Crippen LogP contribution in [-0.2, 0) is 21.0 Å². The monoisotopic (exact) mass is 439 g/mol. The van der Waals surface area contributed by atoms with Gasteiger partial charge in [-0.2, -0.15) is 0 Å². The molecule has 3 rings (SSSR count). The molecule has 4 nitrogen and oxygen atoms in total. The third kappa shape index (κ3) is 6.19. The van der Waals surface area contributed by atoms with Crippen LogP contribution in [-0.4, -0.2) is 44.7 Å². The van der Waals surface area contributed by atoms with E-state index in [2.05, 4.69) is 18.7 Å². The van der Waals surface area contributed by atoms with E-state index in [4.69, 9.17) is 4.74 Å². The molecule has 1 aliphatic carbocycles. The van der Waals surface area contributed by atoms with Gasteiger partial charge in [0.05, 0.1) is 23.2 Å². The Morgan fingerprint density at radius 1 is 1.07 bits per heavy atom. The van der Waals surface area contributed by atoms with Crippen LogP contribution in [0.25, 0.3) is 0 Å². The lowest BCUT2D eigenvalue weighted by Crippen LogP contribution is -2.45. The van der Waals surface area contributed by atoms with Crippen molar-refractivity contribution in [2.45, 2.75) is 83.7 Å². The highest BCUT2D eigenvalue weighted by atomic mass is 32.2. The number of hydrogen-bond donors (Lipinski definition) is 0. The third-order valence-corrected chi connectivity index (χ3v) is 9.17. The van der Waals surface area contributed by atoms with Crippen LogP contribution in [0.15, 0.2) is 18.2 Å². The van der Waals surface area contributed by atoms with Crippen LogP contribution in [0.4, 0.5) is 10.1 Å². The zero-order valence-corrected chi connectivity index (χ0v) is 19.8. The van der Waals surface area contributed by atoms with Gasteiger partial charge >= 0.3 is 0 Å². The van der Waals surface area contributed by atoms with Crippen LogP contribution >= 0.6 is 0 Å². The van der Waals surface area contributed by atoms with Crippen LogP contribution in [0, 0.1) is 17.7 Å². The highest BCUT2D eigenvalue weighted by Crippen LogP contribution is 2.33. The molecule has 6 heteroatoms. The van der Waals surface area contributed by atoms with Crippen LogP contribution in [0.2, 0.25) is 0 Å². The fourth-order valence-corrected chi connectivity index (χ4v) is 6.27. The second-order valence-corrected chi connectivity index (χ2v) is 12.3. The van der Waals surface area contributed by atoms with Crippen LogP contribution < -0.4 is 4.90 Å². The number of nitrogens with zero attached hydrogens (tertiary/aromatic N) is 1. The Hall–Kier alpha value is -1.14. The molecule has 1 heterocycles. The number of benzene rings is 1. The fraction of sp³-hybridized carbons (Fsp3) is 0.750. The standard InChI is InChI=1S/C24H38FNO3S/c1-17(2)30(27,28)16-21-7-5-20(6-8-21)9-10-22-11-12-23(13-24(22)25)26-14-18(3)29-19(4)15-26/h11-13,17-21H,5-10,14-16H2,1-4H3/t18-,19+,20?,21?. The van der Waals surface area contributed by atoms with E-state index < -0.39 is 9.84 Å². The Balaban J connectivity index is 1.49. The normalized spacial score (nSPS) is 28.1. The highest BCUT2D eigenvalue weighted by molar-refractivity contribution is 7.91. The summed E-state index contributed by atoms with van der Waals surface area (Å²) in [6, 6.07) is 5.65. The van der Waals surface area contributed by atoms with E-state index in [-0.39, 0.29) is 23.3 Å². The van der Waals surface area contributed by atoms with E-state index in [0.29, 0.717) is 17.6 Å². The van der Waals surface area contributed by atoms with E-state index in [1.165, 1.54) is 0 Å². The molecule has 1 saturated heterocycles. The predicted molar refractivity (Wildman–Crippen MR) is 121 cm³/mol. The van der Waals surface area contributed by atoms with E-state index >= 15 is 0 Å². The van der Waals surface area contributed by atoms with Crippen molar-refractivity contribution < 1.29 is 17.5 Å². The molecule has 1 aliphatic heterocycles. The lowest BCUT2D eigenvalue weighted by molar-refractivity contribution is -0.00523. The Bertz CT molecular complexity index is 793. The average Bonchev–Trinajstić information content (AvgIpc) is 2.67. The van der Waals surface area contributed by atoms with E-state index in [9.17, 15) is 12.8 Å². The molecule has 2 atom stereocenters. The molecule has 30 heavy (non-hydrogen) atoms. The molecule has 2 fully saturated rings. The number of ether oxygens (including phenoxy) is 1. The Morgan fingerprint density at radius 2 is 1.67 bits per heavy atom. The molecule has 0 bridgehead atoms. The first kappa shape index (κ1) is 23.5. The fourth-order valence-electron chi connectivity index (χ4n) is 4.89.